The summed E-state index contributed by atoms with van der Waals surface area (Å²) in [6, 6.07) is 10.7. The van der Waals surface area contributed by atoms with Crippen LogP contribution in [0.5, 0.6) is 5.75 Å². The van der Waals surface area contributed by atoms with Crippen molar-refractivity contribution in [1.82, 2.24) is 19.8 Å². The van der Waals surface area contributed by atoms with E-state index in [1.807, 2.05) is 12.1 Å². The molecule has 1 aliphatic carbocycles. The van der Waals surface area contributed by atoms with Crippen molar-refractivity contribution in [2.24, 2.45) is 0 Å². The molecule has 2 aromatic carbocycles. The summed E-state index contributed by atoms with van der Waals surface area (Å²) >= 11 is 0. The molecule has 4 fully saturated rings. The van der Waals surface area contributed by atoms with Gasteiger partial charge in [-0.25, -0.2) is 24.2 Å². The molecule has 1 amide bonds. The minimum atomic E-state index is -0.592. The molecule has 1 saturated carbocycles. The molecule has 4 heterocycles. The summed E-state index contributed by atoms with van der Waals surface area (Å²) in [5, 5.41) is 7.94. The minimum Gasteiger partial charge on any atom is -0.494 e. The fourth-order valence-corrected chi connectivity index (χ4v) is 7.64. The summed E-state index contributed by atoms with van der Waals surface area (Å²) in [5.74, 6) is 0.00537. The maximum atomic E-state index is 14.7. The quantitative estimate of drug-likeness (QED) is 0.176. The predicted octanol–water partition coefficient (Wildman–Crippen LogP) is 5.69. The first-order valence-electron chi connectivity index (χ1n) is 18.6. The highest BCUT2D eigenvalue weighted by atomic mass is 19.1. The number of halogens is 1. The highest BCUT2D eigenvalue weighted by molar-refractivity contribution is 6.02. The number of ether oxygens (including phenoxy) is 2. The molecule has 1 aromatic heterocycles. The number of anilines is 5. The molecule has 14 heteroatoms. The van der Waals surface area contributed by atoms with Gasteiger partial charge in [0.1, 0.15) is 23.7 Å². The Labute approximate surface area is 310 Å². The Kier molecular flexibility index (Phi) is 11.1. The van der Waals surface area contributed by atoms with E-state index in [1.165, 1.54) is 37.4 Å². The lowest BCUT2D eigenvalue weighted by Crippen LogP contribution is -2.53. The van der Waals surface area contributed by atoms with Crippen LogP contribution in [0.1, 0.15) is 67.9 Å². The lowest BCUT2D eigenvalue weighted by molar-refractivity contribution is -0.111. The summed E-state index contributed by atoms with van der Waals surface area (Å²) in [6.45, 7) is 13.8. The van der Waals surface area contributed by atoms with Crippen molar-refractivity contribution in [1.29, 1.82) is 0 Å². The third kappa shape index (κ3) is 8.55. The number of hydrogen-bond donors (Lipinski definition) is 2. The Hall–Kier alpha value is -4.79. The topological polar surface area (TPSA) is 125 Å². The molecule has 53 heavy (non-hydrogen) atoms. The molecule has 0 unspecified atom stereocenters. The van der Waals surface area contributed by atoms with Crippen molar-refractivity contribution in [3.63, 3.8) is 0 Å². The van der Waals surface area contributed by atoms with E-state index >= 15 is 0 Å². The number of benzene rings is 2. The van der Waals surface area contributed by atoms with E-state index in [-0.39, 0.29) is 17.6 Å². The second-order valence-corrected chi connectivity index (χ2v) is 14.4. The van der Waals surface area contributed by atoms with Crippen molar-refractivity contribution in [2.75, 3.05) is 73.6 Å². The number of esters is 1. The van der Waals surface area contributed by atoms with Crippen molar-refractivity contribution in [2.45, 2.75) is 70.2 Å². The number of rotatable bonds is 12. The summed E-state index contributed by atoms with van der Waals surface area (Å²) in [4.78, 5) is 47.7. The largest absolute Gasteiger partial charge is 0.494 e. The van der Waals surface area contributed by atoms with E-state index in [0.717, 1.165) is 63.8 Å². The first kappa shape index (κ1) is 36.6. The number of nitrogens with zero attached hydrogens (tertiary/aromatic N) is 6. The number of carbonyl (C=O) groups excluding carboxylic acids is 2. The van der Waals surface area contributed by atoms with Gasteiger partial charge in [-0.1, -0.05) is 6.58 Å². The molecule has 0 radical (unpaired) electrons. The molecule has 7 rings (SSSR count). The van der Waals surface area contributed by atoms with Gasteiger partial charge in [-0.05, 0) is 75.4 Å². The molecule has 282 valence electrons. The van der Waals surface area contributed by atoms with Crippen molar-refractivity contribution >= 4 is 40.6 Å². The molecule has 0 bridgehead atoms. The zero-order valence-electron chi connectivity index (χ0n) is 30.7. The molecule has 3 aromatic rings. The SMILES string of the molecule is C=CC(=O)Nc1cc(Nc2cc(N3OCC[C@@H]3c3cc(F)cc(C(=O)OC(C)C)c3)ncn2)c(OC)cc1N1CCC(N2CCN(C3CC3)CC2)CC1. The van der Waals surface area contributed by atoms with Gasteiger partial charge in [-0.2, -0.15) is 0 Å². The van der Waals surface area contributed by atoms with E-state index in [1.54, 1.807) is 38.2 Å². The van der Waals surface area contributed by atoms with Crippen LogP contribution in [0.25, 0.3) is 0 Å². The Morgan fingerprint density at radius 2 is 1.64 bits per heavy atom. The van der Waals surface area contributed by atoms with E-state index in [2.05, 4.69) is 41.9 Å². The lowest BCUT2D eigenvalue weighted by atomic mass is 10.0. The van der Waals surface area contributed by atoms with Gasteiger partial charge in [-0.3, -0.25) is 19.4 Å². The highest BCUT2D eigenvalue weighted by Gasteiger charge is 2.35. The average molecular weight is 729 g/mol. The third-order valence-corrected chi connectivity index (χ3v) is 10.4. The van der Waals surface area contributed by atoms with E-state index in [9.17, 15) is 14.0 Å². The standard InChI is InChI=1S/C39H49FN8O5/c1-5-38(49)44-31-21-32(35(51-4)22-34(31)47-11-8-30(9-12-47)46-15-13-45(14-16-46)29-6-7-29)43-36-23-37(42-24-41-36)48-33(10-17-52-48)26-18-27(20-28(40)19-26)39(50)53-25(2)3/h5,18-25,29-30,33H,1,6-17H2,2-4H3,(H,44,49)(H,41,42,43)/t33-/m1/s1. The number of carbonyl (C=O) groups is 2. The van der Waals surface area contributed by atoms with E-state index in [4.69, 9.17) is 14.3 Å². The maximum absolute atomic E-state index is 14.7. The maximum Gasteiger partial charge on any atom is 0.338 e. The van der Waals surface area contributed by atoms with Gasteiger partial charge in [0.05, 0.1) is 48.5 Å². The number of hydroxylamine groups is 1. The van der Waals surface area contributed by atoms with Crippen LogP contribution in [0, 0.1) is 5.82 Å². The fourth-order valence-electron chi connectivity index (χ4n) is 7.64. The van der Waals surface area contributed by atoms with Crippen molar-refractivity contribution in [3.05, 3.63) is 72.3 Å². The monoisotopic (exact) mass is 728 g/mol. The molecule has 1 atom stereocenters. The van der Waals surface area contributed by atoms with Crippen LogP contribution in [0.2, 0.25) is 0 Å². The van der Waals surface area contributed by atoms with Crippen LogP contribution >= 0.6 is 0 Å². The molecular weight excluding hydrogens is 679 g/mol. The van der Waals surface area contributed by atoms with Gasteiger partial charge in [0.25, 0.3) is 0 Å². The van der Waals surface area contributed by atoms with Crippen LogP contribution in [0.3, 0.4) is 0 Å². The van der Waals surface area contributed by atoms with E-state index < -0.39 is 17.8 Å². The molecule has 4 aliphatic rings. The number of aromatic nitrogens is 2. The van der Waals surface area contributed by atoms with Crippen molar-refractivity contribution < 1.29 is 28.3 Å². The molecule has 0 spiro atoms. The van der Waals surface area contributed by atoms with E-state index in [0.29, 0.717) is 53.4 Å². The molecule has 3 aliphatic heterocycles. The van der Waals surface area contributed by atoms with Crippen LogP contribution < -0.4 is 25.3 Å². The van der Waals surface area contributed by atoms with Crippen LogP contribution in [-0.4, -0.2) is 103 Å². The number of piperidine rings is 1. The summed E-state index contributed by atoms with van der Waals surface area (Å²) in [5.41, 5.74) is 2.78. The molecule has 3 saturated heterocycles. The van der Waals surface area contributed by atoms with Crippen molar-refractivity contribution in [3.8, 4) is 5.75 Å². The van der Waals surface area contributed by atoms with Gasteiger partial charge in [-0.15, -0.1) is 0 Å². The van der Waals surface area contributed by atoms with Gasteiger partial charge < -0.3 is 25.0 Å². The van der Waals surface area contributed by atoms with Gasteiger partial charge >= 0.3 is 5.97 Å². The average Bonchev–Trinajstić information content (AvgIpc) is 3.90. The second-order valence-electron chi connectivity index (χ2n) is 14.4. The smallest absolute Gasteiger partial charge is 0.338 e. The highest BCUT2D eigenvalue weighted by Crippen LogP contribution is 2.41. The second kappa shape index (κ2) is 16.1. The zero-order chi connectivity index (χ0) is 37.1. The predicted molar refractivity (Wildman–Crippen MR) is 201 cm³/mol. The summed E-state index contributed by atoms with van der Waals surface area (Å²) in [6.07, 6.45) is 7.67. The Bertz CT molecular complexity index is 1810. The number of methoxy groups -OCH3 is 1. The Morgan fingerprint density at radius 3 is 2.30 bits per heavy atom. The minimum absolute atomic E-state index is 0.132. The molecule has 2 N–H and O–H groups in total. The number of amides is 1. The zero-order valence-corrected chi connectivity index (χ0v) is 30.7. The molecular formula is C39H49FN8O5. The first-order valence-corrected chi connectivity index (χ1v) is 18.6. The van der Waals surface area contributed by atoms with Crippen LogP contribution in [0.4, 0.5) is 33.1 Å². The van der Waals surface area contributed by atoms with Gasteiger partial charge in [0.15, 0.2) is 5.82 Å². The Balaban J connectivity index is 1.08. The summed E-state index contributed by atoms with van der Waals surface area (Å²) in [7, 11) is 1.61. The first-order chi connectivity index (χ1) is 25.7. The van der Waals surface area contributed by atoms with Gasteiger partial charge in [0.2, 0.25) is 5.91 Å². The van der Waals surface area contributed by atoms with Crippen LogP contribution in [-0.2, 0) is 14.4 Å². The fraction of sp³-hybridized carbons (Fsp3) is 0.487. The normalized spacial score (nSPS) is 20.1. The van der Waals surface area contributed by atoms with Crippen LogP contribution in [0.15, 0.2) is 55.4 Å². The number of nitrogens with one attached hydrogen (secondary N) is 2. The third-order valence-electron chi connectivity index (χ3n) is 10.4. The number of piperazine rings is 1. The molecule has 13 nitrogen and oxygen atoms in total. The summed E-state index contributed by atoms with van der Waals surface area (Å²) < 4.78 is 25.9. The van der Waals surface area contributed by atoms with Gasteiger partial charge in [0, 0.05) is 69.9 Å². The lowest BCUT2D eigenvalue weighted by Gasteiger charge is -2.43. The Morgan fingerprint density at radius 1 is 0.925 bits per heavy atom. The number of hydrogen-bond acceptors (Lipinski definition) is 12.